The van der Waals surface area contributed by atoms with Crippen molar-refractivity contribution in [1.29, 1.82) is 0 Å². The minimum Gasteiger partial charge on any atom is -0.454 e. The third-order valence-electron chi connectivity index (χ3n) is 16.4. The molecular weight excluding hydrogens is 919 g/mol. The Kier molecular flexibility index (Phi) is 10.0. The van der Waals surface area contributed by atoms with Crippen LogP contribution in [0.5, 0.6) is 0 Å². The van der Waals surface area contributed by atoms with Crippen LogP contribution in [0, 0.1) is 0 Å². The lowest BCUT2D eigenvalue weighted by Crippen LogP contribution is -2.28. The largest absolute Gasteiger partial charge is 0.454 e. The number of para-hydroxylation sites is 2. The van der Waals surface area contributed by atoms with Gasteiger partial charge < -0.3 is 9.32 Å². The van der Waals surface area contributed by atoms with Crippen molar-refractivity contribution < 1.29 is 4.42 Å². The molecule has 12 aromatic carbocycles. The zero-order valence-electron chi connectivity index (χ0n) is 41.6. The van der Waals surface area contributed by atoms with E-state index >= 15 is 0 Å². The number of rotatable bonds is 9. The maximum Gasteiger partial charge on any atom is 0.159 e. The molecule has 0 fully saturated rings. The van der Waals surface area contributed by atoms with Crippen molar-refractivity contribution in [2.75, 3.05) is 4.90 Å². The summed E-state index contributed by atoms with van der Waals surface area (Å²) in [6.07, 6.45) is 0. The molecule has 0 radical (unpaired) electrons. The van der Waals surface area contributed by atoms with E-state index in [0.717, 1.165) is 50.1 Å². The maximum atomic E-state index is 6.91. The summed E-state index contributed by atoms with van der Waals surface area (Å²) < 4.78 is 6.91. The molecule has 0 atom stereocenters. The molecule has 76 heavy (non-hydrogen) atoms. The number of nitrogens with zero attached hydrogens (tertiary/aromatic N) is 1. The molecule has 2 aliphatic rings. The zero-order chi connectivity index (χ0) is 50.2. The Balaban J connectivity index is 0.946. The standard InChI is InChI=1S/C74H49NO/c1-5-26-52(27-6-1)73(53-28-7-2-8-29-53)64-42-16-13-37-62(64)70-58(39-21-44-66(70)73)50-24-19-34-56(48-50)75(68-46-23-41-61-60-36-15-18-47-69(60)76-72(61)68)57-35-20-25-51(49-57)59-40-22-45-67-71(59)63-38-14-17-43-65(63)74(67,54-30-9-3-10-31-54)55-32-11-4-12-33-55/h1-49H. The summed E-state index contributed by atoms with van der Waals surface area (Å²) >= 11 is 0. The molecule has 2 nitrogen and oxygen atoms in total. The zero-order valence-corrected chi connectivity index (χ0v) is 41.6. The average Bonchev–Trinajstić information content (AvgIpc) is 4.19. The number of fused-ring (bicyclic) bond motifs is 9. The molecule has 0 saturated carbocycles. The molecule has 0 N–H and O–H groups in total. The van der Waals surface area contributed by atoms with Crippen LogP contribution in [0.3, 0.4) is 0 Å². The minimum atomic E-state index is -0.508. The normalized spacial score (nSPS) is 13.5. The van der Waals surface area contributed by atoms with Crippen molar-refractivity contribution >= 4 is 39.0 Å². The van der Waals surface area contributed by atoms with E-state index in [9.17, 15) is 0 Å². The van der Waals surface area contributed by atoms with Crippen LogP contribution in [0.1, 0.15) is 44.5 Å². The van der Waals surface area contributed by atoms with E-state index in [0.29, 0.717) is 0 Å². The molecule has 0 spiro atoms. The van der Waals surface area contributed by atoms with Crippen molar-refractivity contribution in [2.45, 2.75) is 10.8 Å². The number of furan rings is 1. The number of hydrogen-bond donors (Lipinski definition) is 0. The van der Waals surface area contributed by atoms with Gasteiger partial charge in [0.25, 0.3) is 0 Å². The minimum absolute atomic E-state index is 0.508. The van der Waals surface area contributed by atoms with Crippen LogP contribution >= 0.6 is 0 Å². The van der Waals surface area contributed by atoms with Gasteiger partial charge in [-0.3, -0.25) is 0 Å². The lowest BCUT2D eigenvalue weighted by atomic mass is 9.67. The number of hydrogen-bond acceptors (Lipinski definition) is 2. The van der Waals surface area contributed by atoms with Gasteiger partial charge >= 0.3 is 0 Å². The highest BCUT2D eigenvalue weighted by molar-refractivity contribution is 6.10. The van der Waals surface area contributed by atoms with E-state index in [4.69, 9.17) is 4.42 Å². The Morgan fingerprint density at radius 1 is 0.276 bits per heavy atom. The van der Waals surface area contributed by atoms with Crippen LogP contribution in [0.25, 0.3) is 66.4 Å². The first-order chi connectivity index (χ1) is 37.7. The molecule has 0 aliphatic heterocycles. The van der Waals surface area contributed by atoms with E-state index in [1.165, 1.54) is 77.9 Å². The number of anilines is 3. The van der Waals surface area contributed by atoms with Crippen LogP contribution in [0.15, 0.2) is 302 Å². The van der Waals surface area contributed by atoms with Crippen molar-refractivity contribution in [2.24, 2.45) is 0 Å². The summed E-state index contributed by atoms with van der Waals surface area (Å²) in [5.74, 6) is 0. The summed E-state index contributed by atoms with van der Waals surface area (Å²) in [5.41, 5.74) is 23.5. The molecule has 1 heterocycles. The maximum absolute atomic E-state index is 6.91. The lowest BCUT2D eigenvalue weighted by Gasteiger charge is -2.34. The van der Waals surface area contributed by atoms with Crippen molar-refractivity contribution in [3.05, 3.63) is 342 Å². The number of benzene rings is 12. The SMILES string of the molecule is c1ccc(C2(c3ccccc3)c3ccccc3-c3c(-c4cccc(N(c5cccc(-c6cccc7c6-c6ccccc6C7(c6ccccc6)c6ccccc6)c5)c5cccc6c5oc5ccccc56)c4)cccc32)cc1. The van der Waals surface area contributed by atoms with Crippen molar-refractivity contribution in [3.63, 3.8) is 0 Å². The molecule has 356 valence electrons. The van der Waals surface area contributed by atoms with Gasteiger partial charge in [0, 0.05) is 22.1 Å². The fourth-order valence-corrected chi connectivity index (χ4v) is 13.4. The Morgan fingerprint density at radius 3 is 1.13 bits per heavy atom. The van der Waals surface area contributed by atoms with Crippen LogP contribution in [-0.2, 0) is 10.8 Å². The fourth-order valence-electron chi connectivity index (χ4n) is 13.4. The monoisotopic (exact) mass is 967 g/mol. The summed E-state index contributed by atoms with van der Waals surface area (Å²) in [7, 11) is 0. The van der Waals surface area contributed by atoms with Gasteiger partial charge in [0.05, 0.1) is 16.5 Å². The first-order valence-corrected chi connectivity index (χ1v) is 26.3. The van der Waals surface area contributed by atoms with Crippen molar-refractivity contribution in [1.82, 2.24) is 0 Å². The highest BCUT2D eigenvalue weighted by Gasteiger charge is 2.48. The van der Waals surface area contributed by atoms with Crippen LogP contribution < -0.4 is 4.90 Å². The summed E-state index contributed by atoms with van der Waals surface area (Å²) in [5, 5.41) is 2.18. The highest BCUT2D eigenvalue weighted by Crippen LogP contribution is 2.60. The van der Waals surface area contributed by atoms with E-state index in [2.05, 4.69) is 302 Å². The quantitative estimate of drug-likeness (QED) is 0.143. The Bertz CT molecular complexity index is 4040. The fraction of sp³-hybridized carbons (Fsp3) is 0.0270. The second kappa shape index (κ2) is 17.4. The van der Waals surface area contributed by atoms with E-state index in [1.54, 1.807) is 0 Å². The molecule has 1 aromatic heterocycles. The molecule has 0 saturated heterocycles. The third-order valence-corrected chi connectivity index (χ3v) is 16.4. The van der Waals surface area contributed by atoms with Gasteiger partial charge in [-0.2, -0.15) is 0 Å². The van der Waals surface area contributed by atoms with Gasteiger partial charge in [0.2, 0.25) is 0 Å². The molecule has 0 amide bonds. The van der Waals surface area contributed by atoms with Gasteiger partial charge in [-0.15, -0.1) is 0 Å². The van der Waals surface area contributed by atoms with Gasteiger partial charge in [0.1, 0.15) is 5.58 Å². The molecule has 13 aromatic rings. The molecular formula is C74H49NO. The van der Waals surface area contributed by atoms with Gasteiger partial charge in [-0.1, -0.05) is 261 Å². The topological polar surface area (TPSA) is 16.4 Å². The second-order valence-electron chi connectivity index (χ2n) is 20.2. The van der Waals surface area contributed by atoms with Crippen LogP contribution in [0.2, 0.25) is 0 Å². The molecule has 0 unspecified atom stereocenters. The van der Waals surface area contributed by atoms with E-state index < -0.39 is 10.8 Å². The van der Waals surface area contributed by atoms with E-state index in [1.807, 2.05) is 0 Å². The average molecular weight is 968 g/mol. The summed E-state index contributed by atoms with van der Waals surface area (Å²) in [4.78, 5) is 2.41. The first kappa shape index (κ1) is 43.8. The van der Waals surface area contributed by atoms with Crippen molar-refractivity contribution in [3.8, 4) is 44.5 Å². The van der Waals surface area contributed by atoms with Gasteiger partial charge in [0.15, 0.2) is 5.58 Å². The molecule has 2 aliphatic carbocycles. The lowest BCUT2D eigenvalue weighted by molar-refractivity contribution is 0.669. The molecule has 15 rings (SSSR count). The third kappa shape index (κ3) is 6.34. The Labute approximate surface area is 443 Å². The van der Waals surface area contributed by atoms with Gasteiger partial charge in [-0.05, 0) is 125 Å². The molecule has 2 heteroatoms. The Hall–Kier alpha value is -9.76. The molecule has 0 bridgehead atoms. The highest BCUT2D eigenvalue weighted by atomic mass is 16.3. The Morgan fingerprint density at radius 2 is 0.645 bits per heavy atom. The summed E-state index contributed by atoms with van der Waals surface area (Å²) in [6.45, 7) is 0. The predicted molar refractivity (Wildman–Crippen MR) is 314 cm³/mol. The smallest absolute Gasteiger partial charge is 0.159 e. The van der Waals surface area contributed by atoms with Crippen LogP contribution in [-0.4, -0.2) is 0 Å². The van der Waals surface area contributed by atoms with Gasteiger partial charge in [-0.25, -0.2) is 0 Å². The predicted octanol–water partition coefficient (Wildman–Crippen LogP) is 19.1. The summed E-state index contributed by atoms with van der Waals surface area (Å²) in [6, 6.07) is 109. The van der Waals surface area contributed by atoms with E-state index in [-0.39, 0.29) is 0 Å². The second-order valence-corrected chi connectivity index (χ2v) is 20.2. The first-order valence-electron chi connectivity index (χ1n) is 26.3. The van der Waals surface area contributed by atoms with Crippen LogP contribution in [0.4, 0.5) is 17.1 Å².